The van der Waals surface area contributed by atoms with Gasteiger partial charge in [0.25, 0.3) is 0 Å². The van der Waals surface area contributed by atoms with E-state index in [0.29, 0.717) is 30.2 Å². The van der Waals surface area contributed by atoms with Gasteiger partial charge in [0.15, 0.2) is 0 Å². The molecule has 0 atom stereocenters. The first-order valence-electron chi connectivity index (χ1n) is 7.89. The molecule has 2 heterocycles. The molecule has 25 heavy (non-hydrogen) atoms. The Kier molecular flexibility index (Phi) is 4.92. The Morgan fingerprint density at radius 1 is 1.20 bits per heavy atom. The summed E-state index contributed by atoms with van der Waals surface area (Å²) in [6.45, 7) is 2.27. The van der Waals surface area contributed by atoms with E-state index in [9.17, 15) is 9.18 Å². The highest BCUT2D eigenvalue weighted by Crippen LogP contribution is 2.17. The zero-order valence-corrected chi connectivity index (χ0v) is 14.0. The third kappa shape index (κ3) is 4.32. The van der Waals surface area contributed by atoms with Gasteiger partial charge in [0.05, 0.1) is 6.54 Å². The highest BCUT2D eigenvalue weighted by atomic mass is 19.1. The Morgan fingerprint density at radius 2 is 1.96 bits per heavy atom. The number of aryl methyl sites for hydroxylation is 2. The molecule has 1 amide bonds. The van der Waals surface area contributed by atoms with Crippen LogP contribution in [0.4, 0.5) is 4.39 Å². The molecule has 3 rings (SSSR count). The van der Waals surface area contributed by atoms with Crippen molar-refractivity contribution in [2.75, 3.05) is 7.05 Å². The third-order valence-electron chi connectivity index (χ3n) is 3.74. The van der Waals surface area contributed by atoms with Crippen LogP contribution in [0, 0.1) is 12.7 Å². The standard InChI is InChI=1S/C18H18FN3O3/c1-12-3-8-15(24-12)11-22(2)17(23)10-9-16-20-18(21-25-16)13-4-6-14(19)7-5-13/h3-8H,9-11H2,1-2H3. The lowest BCUT2D eigenvalue weighted by Gasteiger charge is -2.14. The van der Waals surface area contributed by atoms with Gasteiger partial charge in [-0.1, -0.05) is 5.16 Å². The second-order valence-corrected chi connectivity index (χ2v) is 5.78. The fourth-order valence-corrected chi connectivity index (χ4v) is 2.37. The van der Waals surface area contributed by atoms with Crippen LogP contribution >= 0.6 is 0 Å². The Bertz CT molecular complexity index is 855. The molecule has 7 heteroatoms. The number of benzene rings is 1. The van der Waals surface area contributed by atoms with Gasteiger partial charge in [-0.3, -0.25) is 4.79 Å². The summed E-state index contributed by atoms with van der Waals surface area (Å²) in [4.78, 5) is 18.0. The maximum Gasteiger partial charge on any atom is 0.227 e. The fourth-order valence-electron chi connectivity index (χ4n) is 2.37. The molecule has 0 saturated carbocycles. The van der Waals surface area contributed by atoms with E-state index in [1.54, 1.807) is 24.1 Å². The number of aromatic nitrogens is 2. The van der Waals surface area contributed by atoms with Crippen molar-refractivity contribution in [1.82, 2.24) is 15.0 Å². The van der Waals surface area contributed by atoms with E-state index in [4.69, 9.17) is 8.94 Å². The van der Waals surface area contributed by atoms with Crippen LogP contribution in [-0.2, 0) is 17.8 Å². The molecule has 0 aliphatic rings. The molecule has 0 saturated heterocycles. The third-order valence-corrected chi connectivity index (χ3v) is 3.74. The van der Waals surface area contributed by atoms with Gasteiger partial charge in [-0.2, -0.15) is 4.98 Å². The first-order valence-corrected chi connectivity index (χ1v) is 7.89. The Hall–Kier alpha value is -2.96. The van der Waals surface area contributed by atoms with E-state index in [-0.39, 0.29) is 18.1 Å². The summed E-state index contributed by atoms with van der Waals surface area (Å²) in [6, 6.07) is 9.54. The number of furan rings is 1. The van der Waals surface area contributed by atoms with Gasteiger partial charge in [-0.05, 0) is 43.3 Å². The molecule has 2 aromatic heterocycles. The molecule has 130 valence electrons. The largest absolute Gasteiger partial charge is 0.464 e. The number of rotatable bonds is 6. The van der Waals surface area contributed by atoms with Gasteiger partial charge in [0.1, 0.15) is 17.3 Å². The molecule has 6 nitrogen and oxygen atoms in total. The van der Waals surface area contributed by atoms with Crippen molar-refractivity contribution in [2.24, 2.45) is 0 Å². The summed E-state index contributed by atoms with van der Waals surface area (Å²) in [7, 11) is 1.72. The average Bonchev–Trinajstić information content (AvgIpc) is 3.22. The first kappa shape index (κ1) is 16.9. The summed E-state index contributed by atoms with van der Waals surface area (Å²) in [5.74, 6) is 1.93. The minimum absolute atomic E-state index is 0.0458. The lowest BCUT2D eigenvalue weighted by Crippen LogP contribution is -2.26. The molecule has 0 aliphatic carbocycles. The molecule has 0 spiro atoms. The van der Waals surface area contributed by atoms with Crippen LogP contribution in [0.2, 0.25) is 0 Å². The summed E-state index contributed by atoms with van der Waals surface area (Å²) >= 11 is 0. The molecule has 0 fully saturated rings. The van der Waals surface area contributed by atoms with Crippen molar-refractivity contribution in [1.29, 1.82) is 0 Å². The molecular weight excluding hydrogens is 325 g/mol. The Labute approximate surface area is 144 Å². The summed E-state index contributed by atoms with van der Waals surface area (Å²) < 4.78 is 23.6. The number of carbonyl (C=O) groups is 1. The summed E-state index contributed by atoms with van der Waals surface area (Å²) in [5, 5.41) is 3.86. The second kappa shape index (κ2) is 7.29. The van der Waals surface area contributed by atoms with Gasteiger partial charge in [0.2, 0.25) is 17.6 Å². The molecule has 1 aromatic carbocycles. The van der Waals surface area contributed by atoms with E-state index < -0.39 is 0 Å². The summed E-state index contributed by atoms with van der Waals surface area (Å²) in [6.07, 6.45) is 0.593. The number of hydrogen-bond acceptors (Lipinski definition) is 5. The van der Waals surface area contributed by atoms with Crippen molar-refractivity contribution < 1.29 is 18.1 Å². The van der Waals surface area contributed by atoms with Crippen LogP contribution in [0.1, 0.15) is 23.8 Å². The minimum atomic E-state index is -0.326. The van der Waals surface area contributed by atoms with E-state index >= 15 is 0 Å². The predicted molar refractivity (Wildman–Crippen MR) is 87.9 cm³/mol. The smallest absolute Gasteiger partial charge is 0.227 e. The predicted octanol–water partition coefficient (Wildman–Crippen LogP) is 3.37. The molecule has 3 aromatic rings. The van der Waals surface area contributed by atoms with Gasteiger partial charge < -0.3 is 13.8 Å². The topological polar surface area (TPSA) is 72.4 Å². The van der Waals surface area contributed by atoms with Crippen LogP contribution in [-0.4, -0.2) is 28.0 Å². The summed E-state index contributed by atoms with van der Waals surface area (Å²) in [5.41, 5.74) is 0.660. The van der Waals surface area contributed by atoms with Gasteiger partial charge in [0, 0.05) is 25.5 Å². The minimum Gasteiger partial charge on any atom is -0.464 e. The molecule has 0 unspecified atom stereocenters. The Balaban J connectivity index is 1.54. The lowest BCUT2D eigenvalue weighted by atomic mass is 10.2. The quantitative estimate of drug-likeness (QED) is 0.686. The molecular formula is C18H18FN3O3. The van der Waals surface area contributed by atoms with Crippen LogP contribution in [0.25, 0.3) is 11.4 Å². The van der Waals surface area contributed by atoms with Gasteiger partial charge in [-0.15, -0.1) is 0 Å². The fraction of sp³-hybridized carbons (Fsp3) is 0.278. The maximum absolute atomic E-state index is 12.9. The van der Waals surface area contributed by atoms with Crippen molar-refractivity contribution >= 4 is 5.91 Å². The highest BCUT2D eigenvalue weighted by molar-refractivity contribution is 5.76. The van der Waals surface area contributed by atoms with Crippen LogP contribution in [0.3, 0.4) is 0 Å². The Morgan fingerprint density at radius 3 is 2.64 bits per heavy atom. The second-order valence-electron chi connectivity index (χ2n) is 5.78. The van der Waals surface area contributed by atoms with E-state index in [0.717, 1.165) is 11.5 Å². The van der Waals surface area contributed by atoms with Crippen molar-refractivity contribution in [3.63, 3.8) is 0 Å². The first-order chi connectivity index (χ1) is 12.0. The highest BCUT2D eigenvalue weighted by Gasteiger charge is 2.14. The normalized spacial score (nSPS) is 10.8. The number of carbonyl (C=O) groups excluding carboxylic acids is 1. The van der Waals surface area contributed by atoms with Gasteiger partial charge >= 0.3 is 0 Å². The molecule has 0 bridgehead atoms. The number of nitrogens with zero attached hydrogens (tertiary/aromatic N) is 3. The van der Waals surface area contributed by atoms with Gasteiger partial charge in [-0.25, -0.2) is 4.39 Å². The number of hydrogen-bond donors (Lipinski definition) is 0. The maximum atomic E-state index is 12.9. The lowest BCUT2D eigenvalue weighted by molar-refractivity contribution is -0.130. The SMILES string of the molecule is Cc1ccc(CN(C)C(=O)CCc2nc(-c3ccc(F)cc3)no2)o1. The van der Waals surface area contributed by atoms with Crippen molar-refractivity contribution in [3.8, 4) is 11.4 Å². The molecule has 0 aliphatic heterocycles. The van der Waals surface area contributed by atoms with Crippen LogP contribution < -0.4 is 0 Å². The zero-order valence-electron chi connectivity index (χ0n) is 14.0. The average molecular weight is 343 g/mol. The molecule has 0 N–H and O–H groups in total. The van der Waals surface area contributed by atoms with Crippen LogP contribution in [0.15, 0.2) is 45.3 Å². The number of amides is 1. The van der Waals surface area contributed by atoms with E-state index in [1.165, 1.54) is 12.1 Å². The van der Waals surface area contributed by atoms with Crippen molar-refractivity contribution in [3.05, 3.63) is 59.6 Å². The zero-order chi connectivity index (χ0) is 17.8. The van der Waals surface area contributed by atoms with E-state index in [2.05, 4.69) is 10.1 Å². The van der Waals surface area contributed by atoms with Crippen LogP contribution in [0.5, 0.6) is 0 Å². The number of halogens is 1. The molecule has 0 radical (unpaired) electrons. The monoisotopic (exact) mass is 343 g/mol. The van der Waals surface area contributed by atoms with Crippen molar-refractivity contribution in [2.45, 2.75) is 26.3 Å². The van der Waals surface area contributed by atoms with E-state index in [1.807, 2.05) is 19.1 Å².